The lowest BCUT2D eigenvalue weighted by molar-refractivity contribution is 1.01. The third-order valence-corrected chi connectivity index (χ3v) is 3.59. The van der Waals surface area contributed by atoms with E-state index in [-0.39, 0.29) is 0 Å². The monoisotopic (exact) mass is 301 g/mol. The minimum atomic E-state index is 0.684. The summed E-state index contributed by atoms with van der Waals surface area (Å²) >= 11 is 0. The molecule has 4 rings (SSSR count). The number of rotatable bonds is 4. The normalized spacial score (nSPS) is 10.8. The molecule has 0 aliphatic carbocycles. The van der Waals surface area contributed by atoms with E-state index in [1.54, 1.807) is 12.4 Å². The van der Waals surface area contributed by atoms with Gasteiger partial charge in [0.15, 0.2) is 5.82 Å². The van der Waals surface area contributed by atoms with Crippen molar-refractivity contribution in [3.63, 3.8) is 0 Å². The van der Waals surface area contributed by atoms with Gasteiger partial charge in [-0.15, -0.1) is 0 Å². The molecule has 0 amide bonds. The van der Waals surface area contributed by atoms with Crippen molar-refractivity contribution in [2.75, 3.05) is 0 Å². The average Bonchev–Trinajstić information content (AvgIpc) is 3.29. The second kappa shape index (κ2) is 5.88. The number of imidazole rings is 1. The molecule has 0 fully saturated rings. The molecule has 23 heavy (non-hydrogen) atoms. The number of nitrogens with one attached hydrogen (secondary N) is 2. The number of aromatic amines is 2. The topological polar surface area (TPSA) is 70.2 Å². The van der Waals surface area contributed by atoms with Crippen LogP contribution in [0.3, 0.4) is 0 Å². The number of H-pyrrole nitrogens is 2. The third-order valence-electron chi connectivity index (χ3n) is 3.59. The van der Waals surface area contributed by atoms with E-state index in [4.69, 9.17) is 4.98 Å². The SMILES string of the molecule is c1cc(Cc2cccc(-c3ncc[nH]3)n2)nc(-c2ccc[nH]2)c1. The van der Waals surface area contributed by atoms with E-state index in [0.717, 1.165) is 34.3 Å². The summed E-state index contributed by atoms with van der Waals surface area (Å²) in [5.41, 5.74) is 4.75. The van der Waals surface area contributed by atoms with Gasteiger partial charge >= 0.3 is 0 Å². The van der Waals surface area contributed by atoms with Gasteiger partial charge in [-0.3, -0.25) is 4.98 Å². The second-order valence-electron chi connectivity index (χ2n) is 5.23. The van der Waals surface area contributed by atoms with E-state index in [1.807, 2.05) is 54.7 Å². The molecule has 0 atom stereocenters. The van der Waals surface area contributed by atoms with Gasteiger partial charge in [-0.2, -0.15) is 0 Å². The lowest BCUT2D eigenvalue weighted by atomic mass is 10.1. The molecule has 2 N–H and O–H groups in total. The maximum atomic E-state index is 4.71. The van der Waals surface area contributed by atoms with Crippen LogP contribution in [0.2, 0.25) is 0 Å². The van der Waals surface area contributed by atoms with Gasteiger partial charge in [-0.1, -0.05) is 12.1 Å². The lowest BCUT2D eigenvalue weighted by Gasteiger charge is -2.05. The number of pyridine rings is 2. The zero-order valence-corrected chi connectivity index (χ0v) is 12.4. The van der Waals surface area contributed by atoms with Crippen LogP contribution in [0.25, 0.3) is 22.9 Å². The van der Waals surface area contributed by atoms with E-state index in [9.17, 15) is 0 Å². The molecular weight excluding hydrogens is 286 g/mol. The van der Waals surface area contributed by atoms with Crippen molar-refractivity contribution in [2.45, 2.75) is 6.42 Å². The van der Waals surface area contributed by atoms with Crippen LogP contribution < -0.4 is 0 Å². The van der Waals surface area contributed by atoms with Crippen LogP contribution in [0.1, 0.15) is 11.4 Å². The van der Waals surface area contributed by atoms with E-state index < -0.39 is 0 Å². The largest absolute Gasteiger partial charge is 0.360 e. The quantitative estimate of drug-likeness (QED) is 0.606. The molecule has 5 nitrogen and oxygen atoms in total. The van der Waals surface area contributed by atoms with Crippen molar-refractivity contribution in [1.82, 2.24) is 24.9 Å². The van der Waals surface area contributed by atoms with Crippen molar-refractivity contribution in [1.29, 1.82) is 0 Å². The van der Waals surface area contributed by atoms with Crippen LogP contribution in [0.5, 0.6) is 0 Å². The summed E-state index contributed by atoms with van der Waals surface area (Å²) in [4.78, 5) is 19.9. The predicted molar refractivity (Wildman–Crippen MR) is 88.6 cm³/mol. The van der Waals surface area contributed by atoms with E-state index >= 15 is 0 Å². The standard InChI is InChI=1S/C18H15N5/c1-4-13(22-16(6-1)15-8-3-9-19-15)12-14-5-2-7-17(23-14)18-20-10-11-21-18/h1-11,19H,12H2,(H,20,21). The highest BCUT2D eigenvalue weighted by Crippen LogP contribution is 2.17. The number of nitrogens with zero attached hydrogens (tertiary/aromatic N) is 3. The Hall–Kier alpha value is -3.21. The summed E-state index contributed by atoms with van der Waals surface area (Å²) in [6.45, 7) is 0. The zero-order valence-electron chi connectivity index (χ0n) is 12.4. The van der Waals surface area contributed by atoms with Crippen LogP contribution in [-0.2, 0) is 6.42 Å². The number of hydrogen-bond acceptors (Lipinski definition) is 3. The molecule has 5 heteroatoms. The summed E-state index contributed by atoms with van der Waals surface area (Å²) in [5, 5.41) is 0. The van der Waals surface area contributed by atoms with Crippen molar-refractivity contribution in [3.05, 3.63) is 78.5 Å². The molecule has 4 aromatic rings. The zero-order chi connectivity index (χ0) is 15.5. The lowest BCUT2D eigenvalue weighted by Crippen LogP contribution is -1.98. The fourth-order valence-corrected chi connectivity index (χ4v) is 2.52. The number of hydrogen-bond donors (Lipinski definition) is 2. The van der Waals surface area contributed by atoms with Crippen LogP contribution in [0.15, 0.2) is 67.1 Å². The van der Waals surface area contributed by atoms with Gasteiger partial charge in [-0.25, -0.2) is 9.97 Å². The smallest absolute Gasteiger partial charge is 0.155 e. The summed E-state index contributed by atoms with van der Waals surface area (Å²) in [5.74, 6) is 0.778. The maximum Gasteiger partial charge on any atom is 0.155 e. The Morgan fingerprint density at radius 1 is 0.739 bits per heavy atom. The first kappa shape index (κ1) is 13.5. The van der Waals surface area contributed by atoms with Crippen molar-refractivity contribution in [2.24, 2.45) is 0 Å². The first-order valence-corrected chi connectivity index (χ1v) is 7.44. The molecule has 0 aromatic carbocycles. The van der Waals surface area contributed by atoms with Gasteiger partial charge in [-0.05, 0) is 36.4 Å². The molecule has 0 saturated carbocycles. The van der Waals surface area contributed by atoms with Crippen LogP contribution in [-0.4, -0.2) is 24.9 Å². The molecule has 0 bridgehead atoms. The second-order valence-corrected chi connectivity index (χ2v) is 5.23. The molecule has 0 spiro atoms. The van der Waals surface area contributed by atoms with Crippen molar-refractivity contribution >= 4 is 0 Å². The first-order chi connectivity index (χ1) is 11.4. The van der Waals surface area contributed by atoms with E-state index in [2.05, 4.69) is 19.9 Å². The highest BCUT2D eigenvalue weighted by atomic mass is 14.9. The minimum Gasteiger partial charge on any atom is -0.360 e. The van der Waals surface area contributed by atoms with E-state index in [0.29, 0.717) is 6.42 Å². The van der Waals surface area contributed by atoms with Gasteiger partial charge in [0.25, 0.3) is 0 Å². The number of aromatic nitrogens is 5. The Balaban J connectivity index is 1.61. The maximum absolute atomic E-state index is 4.71. The van der Waals surface area contributed by atoms with Gasteiger partial charge in [0.2, 0.25) is 0 Å². The fraction of sp³-hybridized carbons (Fsp3) is 0.0556. The molecule has 4 heterocycles. The first-order valence-electron chi connectivity index (χ1n) is 7.44. The summed E-state index contributed by atoms with van der Waals surface area (Å²) in [6, 6.07) is 16.0. The van der Waals surface area contributed by atoms with E-state index in [1.165, 1.54) is 0 Å². The fourth-order valence-electron chi connectivity index (χ4n) is 2.52. The predicted octanol–water partition coefficient (Wildman–Crippen LogP) is 3.45. The third kappa shape index (κ3) is 2.89. The molecular formula is C18H15N5. The average molecular weight is 301 g/mol. The Morgan fingerprint density at radius 3 is 2.22 bits per heavy atom. The van der Waals surface area contributed by atoms with Gasteiger partial charge < -0.3 is 9.97 Å². The Labute approximate surface area is 133 Å². The van der Waals surface area contributed by atoms with Crippen LogP contribution in [0, 0.1) is 0 Å². The molecule has 4 aromatic heterocycles. The summed E-state index contributed by atoms with van der Waals surface area (Å²) in [6.07, 6.45) is 6.11. The van der Waals surface area contributed by atoms with Crippen LogP contribution in [0.4, 0.5) is 0 Å². The molecule has 0 aliphatic heterocycles. The van der Waals surface area contributed by atoms with Crippen LogP contribution >= 0.6 is 0 Å². The Bertz CT molecular complexity index is 819. The van der Waals surface area contributed by atoms with Crippen molar-refractivity contribution in [3.8, 4) is 22.9 Å². The summed E-state index contributed by atoms with van der Waals surface area (Å²) < 4.78 is 0. The summed E-state index contributed by atoms with van der Waals surface area (Å²) in [7, 11) is 0. The Kier molecular flexibility index (Phi) is 3.44. The Morgan fingerprint density at radius 2 is 1.52 bits per heavy atom. The van der Waals surface area contributed by atoms with Gasteiger partial charge in [0, 0.05) is 36.4 Å². The highest BCUT2D eigenvalue weighted by Gasteiger charge is 2.06. The van der Waals surface area contributed by atoms with Gasteiger partial charge in [0.1, 0.15) is 5.69 Å². The molecule has 112 valence electrons. The van der Waals surface area contributed by atoms with Crippen molar-refractivity contribution < 1.29 is 0 Å². The molecule has 0 aliphatic rings. The van der Waals surface area contributed by atoms with Gasteiger partial charge in [0.05, 0.1) is 11.4 Å². The molecule has 0 saturated heterocycles. The molecule has 0 unspecified atom stereocenters. The molecule has 0 radical (unpaired) electrons. The minimum absolute atomic E-state index is 0.684. The highest BCUT2D eigenvalue weighted by molar-refractivity contribution is 5.54.